The van der Waals surface area contributed by atoms with Gasteiger partial charge in [0, 0.05) is 0 Å². The van der Waals surface area contributed by atoms with Gasteiger partial charge in [0.25, 0.3) is 0 Å². The lowest BCUT2D eigenvalue weighted by Gasteiger charge is -2.71. The van der Waals surface area contributed by atoms with E-state index in [1.165, 1.54) is 44.1 Å². The summed E-state index contributed by atoms with van der Waals surface area (Å²) < 4.78 is 0. The summed E-state index contributed by atoms with van der Waals surface area (Å²) in [5, 5.41) is 22.7. The van der Waals surface area contributed by atoms with Gasteiger partial charge in [-0.1, -0.05) is 53.2 Å². The van der Waals surface area contributed by atoms with Gasteiger partial charge in [-0.15, -0.1) is 0 Å². The van der Waals surface area contributed by atoms with Gasteiger partial charge in [0.05, 0.1) is 11.7 Å². The van der Waals surface area contributed by atoms with Crippen LogP contribution in [0.25, 0.3) is 0 Å². The van der Waals surface area contributed by atoms with Crippen molar-refractivity contribution < 1.29 is 10.2 Å². The Hall–Kier alpha value is -0.340. The minimum atomic E-state index is -0.579. The van der Waals surface area contributed by atoms with E-state index in [-0.39, 0.29) is 11.5 Å². The maximum atomic E-state index is 11.8. The van der Waals surface area contributed by atoms with E-state index < -0.39 is 5.60 Å². The van der Waals surface area contributed by atoms with Gasteiger partial charge in [-0.05, 0) is 130 Å². The molecule has 4 rings (SSSR count). The van der Waals surface area contributed by atoms with Crippen molar-refractivity contribution in [3.8, 4) is 0 Å². The Labute approximate surface area is 205 Å². The normalized spacial score (nSPS) is 50.5. The molecule has 0 aromatic rings. The first-order chi connectivity index (χ1) is 15.1. The monoisotopic (exact) mass is 458 g/mol. The van der Waals surface area contributed by atoms with Crippen LogP contribution in [-0.2, 0) is 0 Å². The van der Waals surface area contributed by atoms with Crippen LogP contribution in [0, 0.1) is 51.2 Å². The second-order valence-corrected chi connectivity index (χ2v) is 14.9. The van der Waals surface area contributed by atoms with Crippen LogP contribution in [0.2, 0.25) is 0 Å². The van der Waals surface area contributed by atoms with Gasteiger partial charge in [-0.2, -0.15) is 0 Å². The Balaban J connectivity index is 1.66. The fourth-order valence-corrected chi connectivity index (χ4v) is 10.7. The highest BCUT2D eigenvalue weighted by Crippen LogP contribution is 2.76. The quantitative estimate of drug-likeness (QED) is 0.422. The average Bonchev–Trinajstić information content (AvgIpc) is 3.08. The van der Waals surface area contributed by atoms with Gasteiger partial charge in [0.15, 0.2) is 0 Å². The molecular weight excluding hydrogens is 404 g/mol. The van der Waals surface area contributed by atoms with E-state index in [1.54, 1.807) is 0 Å². The molecule has 0 saturated heterocycles. The van der Waals surface area contributed by atoms with Crippen LogP contribution in [0.15, 0.2) is 11.6 Å². The van der Waals surface area contributed by atoms with Gasteiger partial charge in [-0.25, -0.2) is 0 Å². The number of allylic oxidation sites excluding steroid dienone is 2. The molecular formula is C31H54O2. The molecule has 0 amide bonds. The van der Waals surface area contributed by atoms with Crippen molar-refractivity contribution >= 4 is 0 Å². The lowest BCUT2D eigenvalue weighted by atomic mass is 9.34. The summed E-state index contributed by atoms with van der Waals surface area (Å²) in [4.78, 5) is 0. The summed E-state index contributed by atoms with van der Waals surface area (Å²) >= 11 is 0. The lowest BCUT2D eigenvalue weighted by Crippen LogP contribution is -2.65. The molecule has 4 fully saturated rings. The first kappa shape index (κ1) is 25.7. The molecule has 4 saturated carbocycles. The highest BCUT2D eigenvalue weighted by Gasteiger charge is 2.70. The minimum absolute atomic E-state index is 0.0160. The minimum Gasteiger partial charge on any atom is -0.393 e. The van der Waals surface area contributed by atoms with Gasteiger partial charge in [-0.3, -0.25) is 0 Å². The van der Waals surface area contributed by atoms with E-state index in [0.717, 1.165) is 25.2 Å². The van der Waals surface area contributed by atoms with Crippen LogP contribution in [0.5, 0.6) is 0 Å². The van der Waals surface area contributed by atoms with E-state index in [0.29, 0.717) is 39.9 Å². The summed E-state index contributed by atoms with van der Waals surface area (Å²) in [5.41, 5.74) is 1.75. The molecule has 4 unspecified atom stereocenters. The van der Waals surface area contributed by atoms with Crippen molar-refractivity contribution in [2.45, 2.75) is 132 Å². The number of fused-ring (bicyclic) bond motifs is 5. The van der Waals surface area contributed by atoms with E-state index in [1.807, 2.05) is 0 Å². The molecule has 0 aliphatic heterocycles. The molecule has 2 heteroatoms. The Morgan fingerprint density at radius 1 is 0.939 bits per heavy atom. The number of hydrogen-bond donors (Lipinski definition) is 2. The van der Waals surface area contributed by atoms with Crippen molar-refractivity contribution in [2.75, 3.05) is 0 Å². The molecule has 4 aliphatic carbocycles. The fraction of sp³-hybridized carbons (Fsp3) is 0.935. The van der Waals surface area contributed by atoms with Crippen LogP contribution in [0.4, 0.5) is 0 Å². The van der Waals surface area contributed by atoms with Gasteiger partial charge in [0.2, 0.25) is 0 Å². The molecule has 0 radical (unpaired) electrons. The molecule has 0 heterocycles. The Kier molecular flexibility index (Phi) is 6.31. The molecule has 10 atom stereocenters. The van der Waals surface area contributed by atoms with Gasteiger partial charge >= 0.3 is 0 Å². The van der Waals surface area contributed by atoms with E-state index in [4.69, 9.17) is 0 Å². The molecule has 190 valence electrons. The maximum Gasteiger partial charge on any atom is 0.0653 e. The zero-order valence-electron chi connectivity index (χ0n) is 23.3. The average molecular weight is 459 g/mol. The topological polar surface area (TPSA) is 40.5 Å². The summed E-state index contributed by atoms with van der Waals surface area (Å²) in [6.45, 7) is 21.5. The zero-order valence-corrected chi connectivity index (χ0v) is 23.3. The Morgan fingerprint density at radius 2 is 1.58 bits per heavy atom. The largest absolute Gasteiger partial charge is 0.393 e. The van der Waals surface area contributed by atoms with Crippen molar-refractivity contribution in [3.63, 3.8) is 0 Å². The maximum absolute atomic E-state index is 11.8. The van der Waals surface area contributed by atoms with Crippen molar-refractivity contribution in [1.29, 1.82) is 0 Å². The smallest absolute Gasteiger partial charge is 0.0653 e. The van der Waals surface area contributed by atoms with Gasteiger partial charge < -0.3 is 10.2 Å². The number of aliphatic hydroxyl groups excluding tert-OH is 1. The first-order valence-corrected chi connectivity index (χ1v) is 14.1. The molecule has 2 N–H and O–H groups in total. The summed E-state index contributed by atoms with van der Waals surface area (Å²) in [6.07, 6.45) is 12.5. The summed E-state index contributed by atoms with van der Waals surface area (Å²) in [7, 11) is 0. The highest BCUT2D eigenvalue weighted by molar-refractivity contribution is 5.19. The van der Waals surface area contributed by atoms with Crippen LogP contribution in [0.3, 0.4) is 0 Å². The fourth-order valence-electron chi connectivity index (χ4n) is 10.7. The standard InChI is InChI=1S/C31H54O2/c1-20(2)11-10-15-31(9,33)22-12-17-30(8)26(22)21(3)19-24-28(6)16-14-25(32)27(4,5)23(28)13-18-29(24,30)7/h11,21-26,32-33H,10,12-19H2,1-9H3/t21-,22?,23?,24?,25+,26?,28+,29-,30-,31+/m1/s1. The van der Waals surface area contributed by atoms with Crippen LogP contribution >= 0.6 is 0 Å². The summed E-state index contributed by atoms with van der Waals surface area (Å²) in [6, 6.07) is 0. The molecule has 4 aliphatic rings. The summed E-state index contributed by atoms with van der Waals surface area (Å²) in [5.74, 6) is 3.02. The zero-order chi connectivity index (χ0) is 24.6. The third-order valence-corrected chi connectivity index (χ3v) is 12.7. The predicted octanol–water partition coefficient (Wildman–Crippen LogP) is 7.78. The van der Waals surface area contributed by atoms with Crippen LogP contribution in [-0.4, -0.2) is 21.9 Å². The second kappa shape index (κ2) is 8.09. The second-order valence-electron chi connectivity index (χ2n) is 14.9. The van der Waals surface area contributed by atoms with E-state index in [9.17, 15) is 10.2 Å². The first-order valence-electron chi connectivity index (χ1n) is 14.1. The third kappa shape index (κ3) is 3.62. The molecule has 0 spiro atoms. The van der Waals surface area contributed by atoms with Gasteiger partial charge in [0.1, 0.15) is 0 Å². The third-order valence-electron chi connectivity index (χ3n) is 12.7. The number of hydrogen-bond acceptors (Lipinski definition) is 2. The van der Waals surface area contributed by atoms with Crippen molar-refractivity contribution in [2.24, 2.45) is 51.2 Å². The van der Waals surface area contributed by atoms with Crippen molar-refractivity contribution in [1.82, 2.24) is 0 Å². The molecule has 33 heavy (non-hydrogen) atoms. The van der Waals surface area contributed by atoms with E-state index in [2.05, 4.69) is 68.4 Å². The van der Waals surface area contributed by atoms with Crippen LogP contribution < -0.4 is 0 Å². The van der Waals surface area contributed by atoms with E-state index >= 15 is 0 Å². The van der Waals surface area contributed by atoms with Crippen molar-refractivity contribution in [3.05, 3.63) is 11.6 Å². The molecule has 0 bridgehead atoms. The molecule has 2 nitrogen and oxygen atoms in total. The Morgan fingerprint density at radius 3 is 2.21 bits per heavy atom. The SMILES string of the molecule is CC(C)=CCC[C@](C)(O)C1CC[C@]2(C)C1[C@H](C)CC1[C@@]3(C)CC[C@H](O)C(C)(C)C3CC[C@]12C. The highest BCUT2D eigenvalue weighted by atomic mass is 16.3. The predicted molar refractivity (Wildman–Crippen MR) is 139 cm³/mol. The molecule has 0 aromatic heterocycles. The molecule has 0 aromatic carbocycles. The Bertz CT molecular complexity index is 776. The number of aliphatic hydroxyl groups is 2. The van der Waals surface area contributed by atoms with Crippen LogP contribution in [0.1, 0.15) is 120 Å². The lowest BCUT2D eigenvalue weighted by molar-refractivity contribution is -0.235. The number of rotatable bonds is 4.